The van der Waals surface area contributed by atoms with E-state index in [1.54, 1.807) is 20.8 Å². The first kappa shape index (κ1) is 27.2. The molecule has 1 unspecified atom stereocenters. The van der Waals surface area contributed by atoms with Crippen molar-refractivity contribution in [2.75, 3.05) is 0 Å². The van der Waals surface area contributed by atoms with Gasteiger partial charge in [0, 0.05) is 0 Å². The number of halogens is 2. The van der Waals surface area contributed by atoms with Crippen LogP contribution in [-0.4, -0.2) is 11.6 Å². The van der Waals surface area contributed by atoms with Gasteiger partial charge >= 0.3 is 104 Å². The first-order valence-electron chi connectivity index (χ1n) is 11.0. The molecule has 4 rings (SSSR count). The van der Waals surface area contributed by atoms with Crippen LogP contribution >= 0.6 is 27.3 Å². The maximum Gasteiger partial charge on any atom is -0.0134 e. The quantitative estimate of drug-likeness (QED) is 0.189. The Morgan fingerprint density at radius 2 is 0.912 bits per heavy atom. The normalized spacial score (nSPS) is 21.1. The number of hydrogen-bond donors (Lipinski definition) is 0. The van der Waals surface area contributed by atoms with Crippen molar-refractivity contribution < 1.29 is 23.6 Å². The Bertz CT molecular complexity index is 1040. The van der Waals surface area contributed by atoms with Crippen LogP contribution in [0, 0.1) is 10.8 Å². The molecule has 0 amide bonds. The minimum atomic E-state index is -2.31. The zero-order valence-corrected chi connectivity index (χ0v) is 24.2. The van der Waals surface area contributed by atoms with E-state index in [4.69, 9.17) is 19.4 Å². The van der Waals surface area contributed by atoms with Crippen LogP contribution in [0.3, 0.4) is 0 Å². The van der Waals surface area contributed by atoms with Gasteiger partial charge in [0.2, 0.25) is 0 Å². The van der Waals surface area contributed by atoms with Gasteiger partial charge in [-0.05, 0) is 23.8 Å². The van der Waals surface area contributed by atoms with Crippen LogP contribution in [0.25, 0.3) is 0 Å². The van der Waals surface area contributed by atoms with Gasteiger partial charge in [0.1, 0.15) is 0 Å². The topological polar surface area (TPSA) is 34.1 Å². The third kappa shape index (κ3) is 4.83. The van der Waals surface area contributed by atoms with Crippen molar-refractivity contribution in [3.63, 3.8) is 0 Å². The van der Waals surface area contributed by atoms with Gasteiger partial charge in [-0.2, -0.15) is 0 Å². The van der Waals surface area contributed by atoms with E-state index in [1.165, 1.54) is 15.9 Å². The maximum absolute atomic E-state index is 12.0. The second-order valence-corrected chi connectivity index (χ2v) is 18.2. The molecule has 0 radical (unpaired) electrons. The average Bonchev–Trinajstić information content (AvgIpc) is 2.93. The van der Waals surface area contributed by atoms with Gasteiger partial charge in [0.15, 0.2) is 0 Å². The monoisotopic (exact) mass is 601 g/mol. The molecule has 34 heavy (non-hydrogen) atoms. The fourth-order valence-corrected chi connectivity index (χ4v) is 10.9. The second-order valence-electron chi connectivity index (χ2n) is 9.41. The number of carbonyl (C=O) groups is 2. The van der Waals surface area contributed by atoms with Crippen LogP contribution in [0.2, 0.25) is 4.01 Å². The molecule has 0 N–H and O–H groups in total. The molecule has 181 valence electrons. The number of benzene rings is 3. The molecule has 0 saturated heterocycles. The van der Waals surface area contributed by atoms with E-state index < -0.39 is 36.7 Å². The smallest absolute Gasteiger partial charge is 0.0134 e. The SMILES string of the molecule is CC1(C)C(=O)C(=O)[C](C)([Ru]([Cl])[Cl])C1(C)C.c1ccc(P(c2ccccc2)c2ccccc2)cc1. The van der Waals surface area contributed by atoms with Crippen LogP contribution in [0.1, 0.15) is 34.6 Å². The Morgan fingerprint density at radius 3 is 1.12 bits per heavy atom. The summed E-state index contributed by atoms with van der Waals surface area (Å²) in [4.78, 5) is 23.9. The van der Waals surface area contributed by atoms with Crippen molar-refractivity contribution in [3.05, 3.63) is 91.0 Å². The molecule has 1 fully saturated rings. The number of carbonyl (C=O) groups excluding carboxylic acids is 2. The fraction of sp³-hybridized carbons (Fsp3) is 0.286. The summed E-state index contributed by atoms with van der Waals surface area (Å²) in [5.41, 5.74) is -1.18. The maximum atomic E-state index is 12.0. The molecular weight excluding hydrogens is 571 g/mol. The van der Waals surface area contributed by atoms with Crippen LogP contribution in [-0.2, 0) is 23.6 Å². The Labute approximate surface area is 217 Å². The number of Topliss-reactive ketones (excluding diaryl/α,β-unsaturated/α-hetero) is 2. The molecule has 1 aliphatic carbocycles. The summed E-state index contributed by atoms with van der Waals surface area (Å²) < 4.78 is -0.860. The van der Waals surface area contributed by atoms with Gasteiger partial charge in [0.05, 0.1) is 0 Å². The van der Waals surface area contributed by atoms with E-state index >= 15 is 0 Å². The molecular formula is C28H30Cl2O2PRu. The summed E-state index contributed by atoms with van der Waals surface area (Å²) in [6, 6.07) is 32.3. The number of ketones is 2. The summed E-state index contributed by atoms with van der Waals surface area (Å²) in [5, 5.41) is 4.19. The van der Waals surface area contributed by atoms with Crippen LogP contribution < -0.4 is 15.9 Å². The van der Waals surface area contributed by atoms with Gasteiger partial charge in [-0.15, -0.1) is 0 Å². The number of hydrogen-bond acceptors (Lipinski definition) is 2. The summed E-state index contributed by atoms with van der Waals surface area (Å²) in [7, 11) is 11.6. The minimum Gasteiger partial charge on any atom is -0.0622 e. The van der Waals surface area contributed by atoms with Crippen molar-refractivity contribution in [1.82, 2.24) is 0 Å². The minimum absolute atomic E-state index is 0.338. The molecule has 6 heteroatoms. The van der Waals surface area contributed by atoms with Crippen molar-refractivity contribution in [2.24, 2.45) is 10.8 Å². The molecule has 0 aromatic heterocycles. The Kier molecular flexibility index (Phi) is 8.58. The van der Waals surface area contributed by atoms with Gasteiger partial charge in [0.25, 0.3) is 0 Å². The van der Waals surface area contributed by atoms with E-state index in [-0.39, 0.29) is 11.6 Å². The molecule has 0 heterocycles. The summed E-state index contributed by atoms with van der Waals surface area (Å²) in [5.74, 6) is -0.726. The average molecular weight is 601 g/mol. The third-order valence-electron chi connectivity index (χ3n) is 7.23. The first-order chi connectivity index (χ1) is 16.0. The predicted octanol–water partition coefficient (Wildman–Crippen LogP) is 6.74. The summed E-state index contributed by atoms with van der Waals surface area (Å²) in [6.45, 7) is 9.14. The third-order valence-corrected chi connectivity index (χ3v) is 15.6. The van der Waals surface area contributed by atoms with Crippen molar-refractivity contribution >= 4 is 54.8 Å². The zero-order chi connectivity index (χ0) is 25.1. The van der Waals surface area contributed by atoms with Gasteiger partial charge in [-0.1, -0.05) is 91.0 Å². The Balaban J connectivity index is 0.000000197. The van der Waals surface area contributed by atoms with E-state index in [2.05, 4.69) is 91.0 Å². The largest absolute Gasteiger partial charge is 0.0622 e. The van der Waals surface area contributed by atoms with Crippen LogP contribution in [0.5, 0.6) is 0 Å². The van der Waals surface area contributed by atoms with E-state index in [1.807, 2.05) is 13.8 Å². The number of rotatable bonds is 4. The predicted molar refractivity (Wildman–Crippen MR) is 143 cm³/mol. The van der Waals surface area contributed by atoms with Crippen molar-refractivity contribution in [1.29, 1.82) is 0 Å². The molecule has 2 nitrogen and oxygen atoms in total. The van der Waals surface area contributed by atoms with Crippen LogP contribution in [0.4, 0.5) is 0 Å². The van der Waals surface area contributed by atoms with Gasteiger partial charge < -0.3 is 0 Å². The molecule has 3 aromatic carbocycles. The second kappa shape index (κ2) is 10.7. The molecule has 3 aromatic rings. The van der Waals surface area contributed by atoms with Gasteiger partial charge in [-0.25, -0.2) is 0 Å². The molecule has 0 bridgehead atoms. The van der Waals surface area contributed by atoms with Crippen molar-refractivity contribution in [3.8, 4) is 0 Å². The molecule has 1 aliphatic rings. The van der Waals surface area contributed by atoms with E-state index in [0.29, 0.717) is 0 Å². The molecule has 0 spiro atoms. The van der Waals surface area contributed by atoms with E-state index in [0.717, 1.165) is 0 Å². The summed E-state index contributed by atoms with van der Waals surface area (Å²) in [6.07, 6.45) is 0. The molecule has 1 atom stereocenters. The Hall–Kier alpha value is -1.37. The molecule has 1 saturated carbocycles. The Morgan fingerprint density at radius 1 is 0.588 bits per heavy atom. The summed E-state index contributed by atoms with van der Waals surface area (Å²) >= 11 is -2.31. The first-order valence-corrected chi connectivity index (χ1v) is 17.7. The zero-order valence-electron chi connectivity index (χ0n) is 20.0. The standard InChI is InChI=1S/C18H15P.C10H15O2.2ClH.Ru/c1-4-10-16(11-5-1)19(17-12-6-2-7-13-17)18-14-8-3-9-15-18;1-6-7(11)8(12)10(4,5)9(6,2)3;;;/h1-15H;1-5H3;2*1H;/q;;;;+2/p-2. The van der Waals surface area contributed by atoms with Crippen LogP contribution in [0.15, 0.2) is 91.0 Å². The van der Waals surface area contributed by atoms with Gasteiger partial charge in [-0.3, -0.25) is 0 Å². The fourth-order valence-electron chi connectivity index (χ4n) is 4.05. The van der Waals surface area contributed by atoms with Crippen molar-refractivity contribution in [2.45, 2.75) is 38.6 Å². The van der Waals surface area contributed by atoms with E-state index in [9.17, 15) is 9.59 Å². The molecule has 0 aliphatic heterocycles.